The predicted octanol–water partition coefficient (Wildman–Crippen LogP) is 3.85. The predicted molar refractivity (Wildman–Crippen MR) is 116 cm³/mol. The van der Waals surface area contributed by atoms with Gasteiger partial charge in [0, 0.05) is 43.8 Å². The van der Waals surface area contributed by atoms with Gasteiger partial charge in [0.05, 0.1) is 12.6 Å². The molecule has 2 amide bonds. The average Bonchev–Trinajstić information content (AvgIpc) is 2.99. The third-order valence-corrected chi connectivity index (χ3v) is 5.90. The van der Waals surface area contributed by atoms with E-state index in [0.717, 1.165) is 18.5 Å². The molecule has 0 aromatic heterocycles. The van der Waals surface area contributed by atoms with Crippen LogP contribution in [0.4, 0.5) is 4.39 Å². The SMILES string of the molecule is CC(c1ccc(Cl)cc1)N(C)C(=O)CN1CCCN(C(=O)c2ccc(F)cc2)CC1. The molecule has 7 heteroatoms. The molecule has 160 valence electrons. The Morgan fingerprint density at radius 3 is 2.37 bits per heavy atom. The Morgan fingerprint density at radius 1 is 1.03 bits per heavy atom. The molecule has 0 radical (unpaired) electrons. The maximum Gasteiger partial charge on any atom is 0.253 e. The van der Waals surface area contributed by atoms with Crippen LogP contribution in [0.1, 0.15) is 35.3 Å². The summed E-state index contributed by atoms with van der Waals surface area (Å²) in [5.41, 5.74) is 1.51. The smallest absolute Gasteiger partial charge is 0.253 e. The Labute approximate surface area is 182 Å². The minimum Gasteiger partial charge on any atom is -0.338 e. The van der Waals surface area contributed by atoms with Crippen molar-refractivity contribution in [1.82, 2.24) is 14.7 Å². The zero-order valence-electron chi connectivity index (χ0n) is 17.4. The molecular formula is C23H27ClFN3O2. The van der Waals surface area contributed by atoms with E-state index in [9.17, 15) is 14.0 Å². The van der Waals surface area contributed by atoms with E-state index >= 15 is 0 Å². The maximum absolute atomic E-state index is 13.1. The second kappa shape index (κ2) is 10.0. The third-order valence-electron chi connectivity index (χ3n) is 5.65. The fourth-order valence-electron chi connectivity index (χ4n) is 3.59. The molecule has 1 unspecified atom stereocenters. The molecule has 2 aromatic carbocycles. The van der Waals surface area contributed by atoms with Gasteiger partial charge in [-0.05, 0) is 55.3 Å². The highest BCUT2D eigenvalue weighted by atomic mass is 35.5. The van der Waals surface area contributed by atoms with E-state index in [1.807, 2.05) is 38.2 Å². The van der Waals surface area contributed by atoms with Gasteiger partial charge in [-0.1, -0.05) is 23.7 Å². The summed E-state index contributed by atoms with van der Waals surface area (Å²) in [6.45, 7) is 4.85. The van der Waals surface area contributed by atoms with Crippen molar-refractivity contribution in [2.24, 2.45) is 0 Å². The lowest BCUT2D eigenvalue weighted by Crippen LogP contribution is -2.41. The molecule has 0 saturated carbocycles. The Morgan fingerprint density at radius 2 is 1.70 bits per heavy atom. The van der Waals surface area contributed by atoms with E-state index in [1.165, 1.54) is 24.3 Å². The Hall–Kier alpha value is -2.44. The van der Waals surface area contributed by atoms with Crippen LogP contribution in [0.25, 0.3) is 0 Å². The van der Waals surface area contributed by atoms with Crippen molar-refractivity contribution >= 4 is 23.4 Å². The van der Waals surface area contributed by atoms with Crippen molar-refractivity contribution in [3.8, 4) is 0 Å². The normalized spacial score (nSPS) is 16.1. The fourth-order valence-corrected chi connectivity index (χ4v) is 3.72. The van der Waals surface area contributed by atoms with Gasteiger partial charge in [-0.25, -0.2) is 4.39 Å². The Balaban J connectivity index is 1.54. The van der Waals surface area contributed by atoms with Crippen LogP contribution in [0.5, 0.6) is 0 Å². The van der Waals surface area contributed by atoms with Gasteiger partial charge < -0.3 is 9.80 Å². The molecule has 0 aliphatic carbocycles. The minimum absolute atomic E-state index is 0.0377. The van der Waals surface area contributed by atoms with E-state index in [0.29, 0.717) is 36.8 Å². The van der Waals surface area contributed by atoms with Crippen LogP contribution in [0.15, 0.2) is 48.5 Å². The molecule has 1 saturated heterocycles. The van der Waals surface area contributed by atoms with Gasteiger partial charge in [0.15, 0.2) is 0 Å². The second-order valence-electron chi connectivity index (χ2n) is 7.66. The summed E-state index contributed by atoms with van der Waals surface area (Å²) in [5, 5.41) is 0.671. The molecule has 3 rings (SSSR count). The van der Waals surface area contributed by atoms with Gasteiger partial charge >= 0.3 is 0 Å². The summed E-state index contributed by atoms with van der Waals surface area (Å²) in [4.78, 5) is 31.1. The van der Waals surface area contributed by atoms with Crippen molar-refractivity contribution in [2.75, 3.05) is 39.8 Å². The minimum atomic E-state index is -0.357. The van der Waals surface area contributed by atoms with Crippen molar-refractivity contribution in [3.63, 3.8) is 0 Å². The topological polar surface area (TPSA) is 43.9 Å². The number of halogens is 2. The Bertz CT molecular complexity index is 873. The van der Waals surface area contributed by atoms with Gasteiger partial charge in [-0.15, -0.1) is 0 Å². The number of likely N-dealkylation sites (N-methyl/N-ethyl adjacent to an activating group) is 1. The molecule has 1 aliphatic heterocycles. The molecule has 0 N–H and O–H groups in total. The molecule has 2 aromatic rings. The molecule has 5 nitrogen and oxygen atoms in total. The van der Waals surface area contributed by atoms with Crippen LogP contribution in [-0.4, -0.2) is 66.3 Å². The second-order valence-corrected chi connectivity index (χ2v) is 8.10. The number of benzene rings is 2. The molecular weight excluding hydrogens is 405 g/mol. The van der Waals surface area contributed by atoms with Crippen LogP contribution in [-0.2, 0) is 4.79 Å². The number of hydrogen-bond donors (Lipinski definition) is 0. The highest BCUT2D eigenvalue weighted by Crippen LogP contribution is 2.21. The first kappa shape index (κ1) is 22.2. The van der Waals surface area contributed by atoms with Gasteiger partial charge in [0.2, 0.25) is 5.91 Å². The molecule has 1 fully saturated rings. The van der Waals surface area contributed by atoms with Crippen molar-refractivity contribution in [3.05, 3.63) is 70.5 Å². The lowest BCUT2D eigenvalue weighted by atomic mass is 10.1. The Kier molecular flexibility index (Phi) is 7.45. The van der Waals surface area contributed by atoms with Gasteiger partial charge in [0.1, 0.15) is 5.82 Å². The number of hydrogen-bond acceptors (Lipinski definition) is 3. The van der Waals surface area contributed by atoms with E-state index in [4.69, 9.17) is 11.6 Å². The first-order valence-corrected chi connectivity index (χ1v) is 10.5. The highest BCUT2D eigenvalue weighted by molar-refractivity contribution is 6.30. The molecule has 0 spiro atoms. The van der Waals surface area contributed by atoms with Crippen LogP contribution < -0.4 is 0 Å². The quantitative estimate of drug-likeness (QED) is 0.722. The van der Waals surface area contributed by atoms with E-state index < -0.39 is 0 Å². The van der Waals surface area contributed by atoms with Crippen LogP contribution in [0.2, 0.25) is 5.02 Å². The van der Waals surface area contributed by atoms with Crippen molar-refractivity contribution in [2.45, 2.75) is 19.4 Å². The number of rotatable bonds is 5. The summed E-state index contributed by atoms with van der Waals surface area (Å²) < 4.78 is 13.1. The fraction of sp³-hybridized carbons (Fsp3) is 0.391. The maximum atomic E-state index is 13.1. The summed E-state index contributed by atoms with van der Waals surface area (Å²) in [7, 11) is 1.81. The van der Waals surface area contributed by atoms with Crippen LogP contribution in [0, 0.1) is 5.82 Å². The number of nitrogens with zero attached hydrogens (tertiary/aromatic N) is 3. The van der Waals surface area contributed by atoms with Gasteiger partial charge in [0.25, 0.3) is 5.91 Å². The van der Waals surface area contributed by atoms with E-state index in [1.54, 1.807) is 9.80 Å². The van der Waals surface area contributed by atoms with Crippen molar-refractivity contribution in [1.29, 1.82) is 0 Å². The number of carbonyl (C=O) groups is 2. The summed E-state index contributed by atoms with van der Waals surface area (Å²) >= 11 is 5.95. The molecule has 1 heterocycles. The van der Waals surface area contributed by atoms with Crippen molar-refractivity contribution < 1.29 is 14.0 Å². The summed E-state index contributed by atoms with van der Waals surface area (Å²) in [5.74, 6) is -0.420. The van der Waals surface area contributed by atoms with E-state index in [-0.39, 0.29) is 23.7 Å². The van der Waals surface area contributed by atoms with Gasteiger partial charge in [-0.3, -0.25) is 14.5 Å². The first-order valence-electron chi connectivity index (χ1n) is 10.1. The summed E-state index contributed by atoms with van der Waals surface area (Å²) in [6.07, 6.45) is 0.788. The number of carbonyl (C=O) groups excluding carboxylic acids is 2. The average molecular weight is 432 g/mol. The lowest BCUT2D eigenvalue weighted by molar-refractivity contribution is -0.133. The third kappa shape index (κ3) is 5.58. The van der Waals surface area contributed by atoms with E-state index in [2.05, 4.69) is 4.90 Å². The monoisotopic (exact) mass is 431 g/mol. The summed E-state index contributed by atoms with van der Waals surface area (Å²) in [6, 6.07) is 13.1. The zero-order valence-corrected chi connectivity index (χ0v) is 18.1. The molecule has 0 bridgehead atoms. The largest absolute Gasteiger partial charge is 0.338 e. The highest BCUT2D eigenvalue weighted by Gasteiger charge is 2.24. The van der Waals surface area contributed by atoms with Gasteiger partial charge in [-0.2, -0.15) is 0 Å². The molecule has 30 heavy (non-hydrogen) atoms. The van der Waals surface area contributed by atoms with Crippen LogP contribution >= 0.6 is 11.6 Å². The first-order chi connectivity index (χ1) is 14.3. The standard InChI is InChI=1S/C23H27ClFN3O2/c1-17(18-4-8-20(24)9-5-18)26(2)22(29)16-27-12-3-13-28(15-14-27)23(30)19-6-10-21(25)11-7-19/h4-11,17H,3,12-16H2,1-2H3. The number of amides is 2. The lowest BCUT2D eigenvalue weighted by Gasteiger charge is -2.28. The molecule has 1 aliphatic rings. The molecule has 1 atom stereocenters. The zero-order chi connectivity index (χ0) is 21.7. The van der Waals surface area contributed by atoms with Crippen LogP contribution in [0.3, 0.4) is 0 Å².